The number of carbonyl (C=O) groups excluding carboxylic acids is 1. The first-order valence-corrected chi connectivity index (χ1v) is 12.1. The predicted molar refractivity (Wildman–Crippen MR) is 134 cm³/mol. The standard InChI is InChI=1S/C21H22ClNO2S.C4H11N/c1-5-7-16-12(3)17-19(14-8-10-15(22)11-9-14)18(21(24)25-6-2)13(4)23-20(17)26-16;1-3-5-4-2/h8-11H,5-7H2,1-4H3;5H,3-4H2,1-2H3. The minimum atomic E-state index is -0.327. The average Bonchev–Trinajstić information content (AvgIpc) is 3.04. The van der Waals surface area contributed by atoms with E-state index in [9.17, 15) is 4.79 Å². The van der Waals surface area contributed by atoms with Gasteiger partial charge in [0.2, 0.25) is 0 Å². The second-order valence-electron chi connectivity index (χ2n) is 7.21. The summed E-state index contributed by atoms with van der Waals surface area (Å²) in [6, 6.07) is 7.61. The van der Waals surface area contributed by atoms with Crippen molar-refractivity contribution >= 4 is 39.1 Å². The van der Waals surface area contributed by atoms with E-state index >= 15 is 0 Å². The number of nitrogens with zero attached hydrogens (tertiary/aromatic N) is 1. The van der Waals surface area contributed by atoms with Gasteiger partial charge in [-0.2, -0.15) is 0 Å². The number of hydrogen-bond donors (Lipinski definition) is 1. The molecule has 6 heteroatoms. The Kier molecular flexibility index (Phi) is 9.94. The van der Waals surface area contributed by atoms with Crippen molar-refractivity contribution in [3.8, 4) is 11.1 Å². The topological polar surface area (TPSA) is 51.2 Å². The monoisotopic (exact) mass is 460 g/mol. The summed E-state index contributed by atoms with van der Waals surface area (Å²) in [5.74, 6) is -0.327. The number of carbonyl (C=O) groups is 1. The molecule has 0 aliphatic carbocycles. The van der Waals surface area contributed by atoms with Gasteiger partial charge in [-0.25, -0.2) is 9.78 Å². The van der Waals surface area contributed by atoms with Gasteiger partial charge in [0.15, 0.2) is 0 Å². The summed E-state index contributed by atoms with van der Waals surface area (Å²) in [4.78, 5) is 19.8. The van der Waals surface area contributed by atoms with Gasteiger partial charge in [-0.1, -0.05) is 50.9 Å². The molecule has 0 unspecified atom stereocenters. The Hall–Kier alpha value is -1.95. The molecule has 0 saturated carbocycles. The number of ether oxygens (including phenoxy) is 1. The van der Waals surface area contributed by atoms with E-state index in [0.717, 1.165) is 47.3 Å². The highest BCUT2D eigenvalue weighted by Crippen LogP contribution is 2.41. The van der Waals surface area contributed by atoms with Gasteiger partial charge in [0.05, 0.1) is 17.9 Å². The number of pyridine rings is 1. The molecular weight excluding hydrogens is 428 g/mol. The maximum absolute atomic E-state index is 12.7. The van der Waals surface area contributed by atoms with Crippen LogP contribution >= 0.6 is 22.9 Å². The molecule has 4 nitrogen and oxygen atoms in total. The molecule has 0 saturated heterocycles. The minimum Gasteiger partial charge on any atom is -0.462 e. The van der Waals surface area contributed by atoms with Gasteiger partial charge in [-0.15, -0.1) is 11.3 Å². The summed E-state index contributed by atoms with van der Waals surface area (Å²) >= 11 is 7.79. The molecule has 31 heavy (non-hydrogen) atoms. The van der Waals surface area contributed by atoms with E-state index in [-0.39, 0.29) is 5.97 Å². The molecule has 0 fully saturated rings. The Morgan fingerprint density at radius 2 is 1.74 bits per heavy atom. The third-order valence-corrected chi connectivity index (χ3v) is 6.45. The fraction of sp³-hybridized carbons (Fsp3) is 0.440. The first kappa shape index (κ1) is 25.3. The zero-order valence-corrected chi connectivity index (χ0v) is 21.0. The summed E-state index contributed by atoms with van der Waals surface area (Å²) in [5.41, 5.74) is 4.31. The molecule has 0 aliphatic rings. The molecule has 2 aromatic heterocycles. The number of thiophene rings is 1. The number of fused-ring (bicyclic) bond motifs is 1. The van der Waals surface area contributed by atoms with Crippen LogP contribution in [-0.4, -0.2) is 30.6 Å². The van der Waals surface area contributed by atoms with Crippen LogP contribution in [-0.2, 0) is 11.2 Å². The molecule has 3 rings (SSSR count). The molecule has 168 valence electrons. The molecule has 0 amide bonds. The van der Waals surface area contributed by atoms with Crippen LogP contribution in [0.5, 0.6) is 0 Å². The summed E-state index contributed by atoms with van der Waals surface area (Å²) in [6.45, 7) is 14.7. The lowest BCUT2D eigenvalue weighted by Crippen LogP contribution is -2.10. The summed E-state index contributed by atoms with van der Waals surface area (Å²) in [7, 11) is 0. The van der Waals surface area contributed by atoms with E-state index in [1.807, 2.05) is 38.1 Å². The number of aryl methyl sites for hydroxylation is 3. The number of benzene rings is 1. The highest BCUT2D eigenvalue weighted by molar-refractivity contribution is 7.19. The third-order valence-electron chi connectivity index (χ3n) is 4.95. The van der Waals surface area contributed by atoms with Crippen LogP contribution in [0, 0.1) is 13.8 Å². The maximum Gasteiger partial charge on any atom is 0.340 e. The molecule has 0 bridgehead atoms. The van der Waals surface area contributed by atoms with Crippen molar-refractivity contribution in [1.29, 1.82) is 0 Å². The first-order valence-electron chi connectivity index (χ1n) is 11.0. The Morgan fingerprint density at radius 1 is 1.10 bits per heavy atom. The maximum atomic E-state index is 12.7. The van der Waals surface area contributed by atoms with Crippen molar-refractivity contribution in [2.45, 2.75) is 54.4 Å². The second kappa shape index (κ2) is 12.2. The van der Waals surface area contributed by atoms with E-state index in [4.69, 9.17) is 21.3 Å². The molecule has 1 aromatic carbocycles. The lowest BCUT2D eigenvalue weighted by molar-refractivity contribution is 0.0526. The van der Waals surface area contributed by atoms with Gasteiger partial charge >= 0.3 is 5.97 Å². The number of esters is 1. The quantitative estimate of drug-likeness (QED) is 0.386. The summed E-state index contributed by atoms with van der Waals surface area (Å²) in [6.07, 6.45) is 2.09. The van der Waals surface area contributed by atoms with Gasteiger partial charge in [0.25, 0.3) is 0 Å². The molecule has 0 spiro atoms. The Balaban J connectivity index is 0.000000614. The smallest absolute Gasteiger partial charge is 0.340 e. The number of nitrogens with one attached hydrogen (secondary N) is 1. The normalized spacial score (nSPS) is 10.7. The number of aromatic nitrogens is 1. The van der Waals surface area contributed by atoms with E-state index < -0.39 is 0 Å². The largest absolute Gasteiger partial charge is 0.462 e. The molecular formula is C25H33ClN2O2S. The molecule has 0 aliphatic heterocycles. The van der Waals surface area contributed by atoms with Gasteiger partial charge in [-0.05, 0) is 63.5 Å². The molecule has 2 heterocycles. The highest BCUT2D eigenvalue weighted by Gasteiger charge is 2.24. The summed E-state index contributed by atoms with van der Waals surface area (Å²) in [5, 5.41) is 4.83. The van der Waals surface area contributed by atoms with Crippen molar-refractivity contribution in [2.24, 2.45) is 0 Å². The minimum absolute atomic E-state index is 0.327. The zero-order chi connectivity index (χ0) is 23.0. The van der Waals surface area contributed by atoms with Crippen molar-refractivity contribution in [3.63, 3.8) is 0 Å². The van der Waals surface area contributed by atoms with Crippen molar-refractivity contribution in [3.05, 3.63) is 51.0 Å². The average molecular weight is 461 g/mol. The predicted octanol–water partition coefficient (Wildman–Crippen LogP) is 6.98. The van der Waals surface area contributed by atoms with Gasteiger partial charge < -0.3 is 10.1 Å². The van der Waals surface area contributed by atoms with E-state index in [0.29, 0.717) is 22.9 Å². The number of hydrogen-bond acceptors (Lipinski definition) is 5. The fourth-order valence-corrected chi connectivity index (χ4v) is 4.97. The number of halogens is 1. The van der Waals surface area contributed by atoms with Crippen LogP contribution in [0.15, 0.2) is 24.3 Å². The zero-order valence-electron chi connectivity index (χ0n) is 19.4. The third kappa shape index (κ3) is 6.06. The van der Waals surface area contributed by atoms with Gasteiger partial charge in [0, 0.05) is 20.8 Å². The lowest BCUT2D eigenvalue weighted by atomic mass is 9.94. The van der Waals surface area contributed by atoms with Crippen molar-refractivity contribution < 1.29 is 9.53 Å². The number of rotatable bonds is 7. The lowest BCUT2D eigenvalue weighted by Gasteiger charge is -2.14. The van der Waals surface area contributed by atoms with E-state index in [2.05, 4.69) is 33.0 Å². The fourth-order valence-electron chi connectivity index (χ4n) is 3.51. The van der Waals surface area contributed by atoms with Gasteiger partial charge in [0.1, 0.15) is 4.83 Å². The van der Waals surface area contributed by atoms with E-state index in [1.54, 1.807) is 11.3 Å². The van der Waals surface area contributed by atoms with Crippen LogP contribution in [0.1, 0.15) is 60.6 Å². The molecule has 0 atom stereocenters. The van der Waals surface area contributed by atoms with E-state index in [1.165, 1.54) is 10.4 Å². The first-order chi connectivity index (χ1) is 14.9. The van der Waals surface area contributed by atoms with Gasteiger partial charge in [-0.3, -0.25) is 0 Å². The Bertz CT molecular complexity index is 1010. The SMILES string of the molecule is CCCc1sc2nc(C)c(C(=O)OCC)c(-c3ccc(Cl)cc3)c2c1C.CCNCC. The van der Waals surface area contributed by atoms with Crippen molar-refractivity contribution in [2.75, 3.05) is 19.7 Å². The highest BCUT2D eigenvalue weighted by atomic mass is 35.5. The molecule has 1 N–H and O–H groups in total. The summed E-state index contributed by atoms with van der Waals surface area (Å²) < 4.78 is 5.34. The molecule has 0 radical (unpaired) electrons. The van der Waals surface area contributed by atoms with Crippen molar-refractivity contribution in [1.82, 2.24) is 10.3 Å². The van der Waals surface area contributed by atoms with Crippen LogP contribution in [0.2, 0.25) is 5.02 Å². The van der Waals surface area contributed by atoms with Crippen LogP contribution in [0.25, 0.3) is 21.3 Å². The Labute approximate surface area is 195 Å². The van der Waals surface area contributed by atoms with Crippen LogP contribution in [0.3, 0.4) is 0 Å². The Morgan fingerprint density at radius 3 is 2.26 bits per heavy atom. The van der Waals surface area contributed by atoms with Crippen LogP contribution < -0.4 is 5.32 Å². The van der Waals surface area contributed by atoms with Crippen LogP contribution in [0.4, 0.5) is 0 Å². The second-order valence-corrected chi connectivity index (χ2v) is 8.73. The molecule has 3 aromatic rings.